The maximum atomic E-state index is 11.7. The first-order valence-corrected chi connectivity index (χ1v) is 5.48. The number of rotatable bonds is 3. The molecule has 1 rings (SSSR count). The molecule has 1 N–H and O–H groups in total. The molecule has 0 aromatic carbocycles. The van der Waals surface area contributed by atoms with Crippen molar-refractivity contribution in [1.82, 2.24) is 15.3 Å². The third kappa shape index (κ3) is 2.45. The highest BCUT2D eigenvalue weighted by Gasteiger charge is 2.25. The van der Waals surface area contributed by atoms with Crippen LogP contribution in [0.2, 0.25) is 0 Å². The van der Waals surface area contributed by atoms with Gasteiger partial charge in [-0.05, 0) is 13.8 Å². The van der Waals surface area contributed by atoms with Crippen LogP contribution in [-0.4, -0.2) is 48.1 Å². The lowest BCUT2D eigenvalue weighted by Gasteiger charge is -2.41. The lowest BCUT2D eigenvalue weighted by molar-refractivity contribution is -0.154. The molecule has 1 atom stereocenters. The van der Waals surface area contributed by atoms with Gasteiger partial charge in [-0.15, -0.1) is 0 Å². The Balaban J connectivity index is 2.61. The van der Waals surface area contributed by atoms with E-state index in [9.17, 15) is 4.79 Å². The van der Waals surface area contributed by atoms with Crippen LogP contribution >= 0.6 is 0 Å². The summed E-state index contributed by atoms with van der Waals surface area (Å²) in [4.78, 5) is 11.7. The first-order valence-electron chi connectivity index (χ1n) is 5.48. The van der Waals surface area contributed by atoms with Crippen LogP contribution < -0.4 is 5.32 Å². The third-order valence-corrected chi connectivity index (χ3v) is 2.67. The van der Waals surface area contributed by atoms with E-state index in [0.717, 1.165) is 26.2 Å². The average molecular weight is 199 g/mol. The van der Waals surface area contributed by atoms with Gasteiger partial charge < -0.3 is 5.32 Å². The number of nitrogens with zero attached hydrogens (tertiary/aromatic N) is 2. The fraction of sp³-hybridized carbons (Fsp3) is 0.900. The molecule has 1 amide bonds. The molecule has 1 unspecified atom stereocenters. The SMILES string of the molecule is CCC(=O)N(CC)N1CCNCC1C. The summed E-state index contributed by atoms with van der Waals surface area (Å²) in [6.07, 6.45) is 0.588. The molecule has 0 bridgehead atoms. The molecule has 1 aliphatic rings. The van der Waals surface area contributed by atoms with E-state index in [2.05, 4.69) is 17.2 Å². The fourth-order valence-electron chi connectivity index (χ4n) is 1.87. The molecule has 4 nitrogen and oxygen atoms in total. The quantitative estimate of drug-likeness (QED) is 0.717. The van der Waals surface area contributed by atoms with Crippen LogP contribution in [0.3, 0.4) is 0 Å². The van der Waals surface area contributed by atoms with Gasteiger partial charge in [-0.25, -0.2) is 5.01 Å². The summed E-state index contributed by atoms with van der Waals surface area (Å²) in [7, 11) is 0. The van der Waals surface area contributed by atoms with Crippen molar-refractivity contribution in [3.8, 4) is 0 Å². The molecule has 0 spiro atoms. The highest BCUT2D eigenvalue weighted by atomic mass is 16.2. The second-order valence-corrected chi connectivity index (χ2v) is 3.68. The Morgan fingerprint density at radius 2 is 2.29 bits per heavy atom. The number of nitrogens with one attached hydrogen (secondary N) is 1. The minimum atomic E-state index is 0.223. The van der Waals surface area contributed by atoms with Crippen molar-refractivity contribution in [2.24, 2.45) is 0 Å². The van der Waals surface area contributed by atoms with Gasteiger partial charge >= 0.3 is 0 Å². The number of amides is 1. The molecule has 1 heterocycles. The Morgan fingerprint density at radius 1 is 1.57 bits per heavy atom. The van der Waals surface area contributed by atoms with Gasteiger partial charge in [0.15, 0.2) is 0 Å². The molecule has 14 heavy (non-hydrogen) atoms. The zero-order valence-electron chi connectivity index (χ0n) is 9.42. The molecule has 0 radical (unpaired) electrons. The van der Waals surface area contributed by atoms with E-state index in [1.807, 2.05) is 18.9 Å². The summed E-state index contributed by atoms with van der Waals surface area (Å²) >= 11 is 0. The predicted molar refractivity (Wildman–Crippen MR) is 56.7 cm³/mol. The maximum Gasteiger partial charge on any atom is 0.236 e. The topological polar surface area (TPSA) is 35.6 Å². The molecule has 0 aromatic rings. The molecule has 4 heteroatoms. The second kappa shape index (κ2) is 5.32. The van der Waals surface area contributed by atoms with Crippen LogP contribution in [0.5, 0.6) is 0 Å². The van der Waals surface area contributed by atoms with Crippen LogP contribution in [-0.2, 0) is 4.79 Å². The Kier molecular flexibility index (Phi) is 4.35. The standard InChI is InChI=1S/C10H21N3O/c1-4-10(14)12(5-2)13-7-6-11-8-9(13)3/h9,11H,4-8H2,1-3H3. The van der Waals surface area contributed by atoms with E-state index < -0.39 is 0 Å². The molecule has 1 fully saturated rings. The monoisotopic (exact) mass is 199 g/mol. The van der Waals surface area contributed by atoms with Gasteiger partial charge in [0.25, 0.3) is 0 Å². The maximum absolute atomic E-state index is 11.7. The number of hydrogen-bond acceptors (Lipinski definition) is 3. The molecule has 0 aromatic heterocycles. The smallest absolute Gasteiger partial charge is 0.236 e. The van der Waals surface area contributed by atoms with Crippen molar-refractivity contribution in [2.75, 3.05) is 26.2 Å². The summed E-state index contributed by atoms with van der Waals surface area (Å²) in [5.41, 5.74) is 0. The number of hydrazine groups is 1. The molecule has 1 saturated heterocycles. The number of piperazine rings is 1. The van der Waals surface area contributed by atoms with E-state index in [1.165, 1.54) is 0 Å². The van der Waals surface area contributed by atoms with Crippen LogP contribution in [0.1, 0.15) is 27.2 Å². The van der Waals surface area contributed by atoms with Gasteiger partial charge in [0, 0.05) is 38.6 Å². The van der Waals surface area contributed by atoms with E-state index in [-0.39, 0.29) is 5.91 Å². The summed E-state index contributed by atoms with van der Waals surface area (Å²) in [6, 6.07) is 0.416. The zero-order valence-corrected chi connectivity index (χ0v) is 9.42. The summed E-state index contributed by atoms with van der Waals surface area (Å²) in [5.74, 6) is 0.223. The first-order chi connectivity index (χ1) is 6.70. The van der Waals surface area contributed by atoms with Crippen LogP contribution in [0.4, 0.5) is 0 Å². The van der Waals surface area contributed by atoms with Gasteiger partial charge in [0.05, 0.1) is 0 Å². The van der Waals surface area contributed by atoms with E-state index in [1.54, 1.807) is 0 Å². The van der Waals surface area contributed by atoms with Crippen LogP contribution in [0.15, 0.2) is 0 Å². The Morgan fingerprint density at radius 3 is 2.79 bits per heavy atom. The minimum absolute atomic E-state index is 0.223. The number of carbonyl (C=O) groups is 1. The van der Waals surface area contributed by atoms with E-state index in [4.69, 9.17) is 0 Å². The first kappa shape index (κ1) is 11.5. The highest BCUT2D eigenvalue weighted by molar-refractivity contribution is 5.75. The highest BCUT2D eigenvalue weighted by Crippen LogP contribution is 2.08. The lowest BCUT2D eigenvalue weighted by atomic mass is 10.2. The Bertz CT molecular complexity index is 196. The molecule has 0 saturated carbocycles. The fourth-order valence-corrected chi connectivity index (χ4v) is 1.87. The Labute approximate surface area is 86.2 Å². The van der Waals surface area contributed by atoms with Gasteiger partial charge in [-0.3, -0.25) is 9.80 Å². The Hall–Kier alpha value is -0.610. The number of hydrogen-bond donors (Lipinski definition) is 1. The van der Waals surface area contributed by atoms with Gasteiger partial charge in [-0.2, -0.15) is 0 Å². The largest absolute Gasteiger partial charge is 0.314 e. The van der Waals surface area contributed by atoms with Crippen molar-refractivity contribution in [3.05, 3.63) is 0 Å². The summed E-state index contributed by atoms with van der Waals surface area (Å²) in [6.45, 7) is 9.74. The third-order valence-electron chi connectivity index (χ3n) is 2.67. The summed E-state index contributed by atoms with van der Waals surface area (Å²) in [5, 5.41) is 7.38. The number of carbonyl (C=O) groups excluding carboxylic acids is 1. The zero-order chi connectivity index (χ0) is 10.6. The lowest BCUT2D eigenvalue weighted by Crippen LogP contribution is -2.58. The van der Waals surface area contributed by atoms with Gasteiger partial charge in [-0.1, -0.05) is 6.92 Å². The molecular weight excluding hydrogens is 178 g/mol. The minimum Gasteiger partial charge on any atom is -0.314 e. The summed E-state index contributed by atoms with van der Waals surface area (Å²) < 4.78 is 0. The van der Waals surface area contributed by atoms with Crippen molar-refractivity contribution >= 4 is 5.91 Å². The van der Waals surface area contributed by atoms with E-state index >= 15 is 0 Å². The van der Waals surface area contributed by atoms with Crippen molar-refractivity contribution < 1.29 is 4.79 Å². The van der Waals surface area contributed by atoms with Crippen molar-refractivity contribution in [1.29, 1.82) is 0 Å². The van der Waals surface area contributed by atoms with Crippen LogP contribution in [0, 0.1) is 0 Å². The average Bonchev–Trinajstić information content (AvgIpc) is 2.21. The van der Waals surface area contributed by atoms with E-state index in [0.29, 0.717) is 12.5 Å². The molecule has 0 aliphatic carbocycles. The molecular formula is C10H21N3O. The van der Waals surface area contributed by atoms with Gasteiger partial charge in [0.2, 0.25) is 5.91 Å². The second-order valence-electron chi connectivity index (χ2n) is 3.68. The predicted octanol–water partition coefficient (Wildman–Crippen LogP) is 0.454. The van der Waals surface area contributed by atoms with Gasteiger partial charge in [0.1, 0.15) is 0 Å². The molecule has 1 aliphatic heterocycles. The van der Waals surface area contributed by atoms with Crippen LogP contribution in [0.25, 0.3) is 0 Å². The normalized spacial score (nSPS) is 23.5. The molecule has 82 valence electrons. The van der Waals surface area contributed by atoms with Crippen molar-refractivity contribution in [3.63, 3.8) is 0 Å². The van der Waals surface area contributed by atoms with Crippen molar-refractivity contribution in [2.45, 2.75) is 33.2 Å².